The summed E-state index contributed by atoms with van der Waals surface area (Å²) in [6, 6.07) is 22.0. The number of rotatable bonds is 9. The standard InChI is InChI=1S/C38H47N7O5/c1-38(2,3)50-37(47)44-19-10-15-31(44)27-48-35-40-33-25-42(23-28-11-6-4-7-12-28)20-17-32(33)34(41-35)43-21-22-45(30(24-43)16-18-39)36(46)49-26-29-13-8-5-9-14-29/h4-9,11-14,30-31H,10,15-17,19-27H2,1-3H3/t30-,31-/m0/s1. The van der Waals surface area contributed by atoms with Crippen molar-refractivity contribution in [2.75, 3.05) is 44.2 Å². The van der Waals surface area contributed by atoms with E-state index in [0.717, 1.165) is 55.0 Å². The zero-order valence-corrected chi connectivity index (χ0v) is 29.3. The van der Waals surface area contributed by atoms with Crippen molar-refractivity contribution >= 4 is 18.0 Å². The Bertz CT molecular complexity index is 1660. The summed E-state index contributed by atoms with van der Waals surface area (Å²) in [6.45, 7) is 10.3. The van der Waals surface area contributed by atoms with Crippen LogP contribution in [0.5, 0.6) is 6.01 Å². The number of fused-ring (bicyclic) bond motifs is 1. The molecule has 264 valence electrons. The minimum Gasteiger partial charge on any atom is -0.461 e. The van der Waals surface area contributed by atoms with Gasteiger partial charge in [0.15, 0.2) is 0 Å². The normalized spacial score (nSPS) is 19.4. The van der Waals surface area contributed by atoms with Gasteiger partial charge >= 0.3 is 18.2 Å². The van der Waals surface area contributed by atoms with Crippen LogP contribution in [0.2, 0.25) is 0 Å². The third-order valence-electron chi connectivity index (χ3n) is 9.31. The molecule has 0 radical (unpaired) electrons. The molecule has 0 aliphatic carbocycles. The molecule has 0 bridgehead atoms. The van der Waals surface area contributed by atoms with Gasteiger partial charge in [-0.3, -0.25) is 4.90 Å². The van der Waals surface area contributed by atoms with Gasteiger partial charge < -0.3 is 28.9 Å². The molecule has 0 saturated carbocycles. The number of nitrogens with zero attached hydrogens (tertiary/aromatic N) is 7. The molecule has 2 saturated heterocycles. The van der Waals surface area contributed by atoms with Gasteiger partial charge in [-0.1, -0.05) is 60.7 Å². The molecule has 2 amide bonds. The first-order valence-corrected chi connectivity index (χ1v) is 17.5. The second-order valence-electron chi connectivity index (χ2n) is 14.2. The number of hydrogen-bond donors (Lipinski definition) is 0. The lowest BCUT2D eigenvalue weighted by Gasteiger charge is -2.41. The van der Waals surface area contributed by atoms with Crippen molar-refractivity contribution in [2.45, 2.75) is 83.8 Å². The van der Waals surface area contributed by atoms with Gasteiger partial charge in [-0.2, -0.15) is 15.2 Å². The predicted octanol–water partition coefficient (Wildman–Crippen LogP) is 5.55. The summed E-state index contributed by atoms with van der Waals surface area (Å²) in [5.41, 5.74) is 3.53. The fraction of sp³-hybridized carbons (Fsp3) is 0.500. The fourth-order valence-electron chi connectivity index (χ4n) is 6.86. The molecule has 12 heteroatoms. The fourth-order valence-corrected chi connectivity index (χ4v) is 6.86. The van der Waals surface area contributed by atoms with Crippen LogP contribution in [0.25, 0.3) is 0 Å². The van der Waals surface area contributed by atoms with Gasteiger partial charge in [0.05, 0.1) is 30.3 Å². The largest absolute Gasteiger partial charge is 0.461 e. The van der Waals surface area contributed by atoms with Gasteiger partial charge in [-0.05, 0) is 51.2 Å². The summed E-state index contributed by atoms with van der Waals surface area (Å²) in [6.07, 6.45) is 1.84. The third-order valence-corrected chi connectivity index (χ3v) is 9.31. The molecule has 0 spiro atoms. The maximum absolute atomic E-state index is 13.2. The lowest BCUT2D eigenvalue weighted by Crippen LogP contribution is -2.55. The maximum atomic E-state index is 13.2. The molecular formula is C38H47N7O5. The number of ether oxygens (including phenoxy) is 3. The average Bonchev–Trinajstić information content (AvgIpc) is 3.59. The van der Waals surface area contributed by atoms with E-state index in [1.54, 1.807) is 9.80 Å². The van der Waals surface area contributed by atoms with E-state index in [-0.39, 0.29) is 43.8 Å². The quantitative estimate of drug-likeness (QED) is 0.284. The number of piperazine rings is 1. The van der Waals surface area contributed by atoms with Gasteiger partial charge in [-0.25, -0.2) is 9.59 Å². The van der Waals surface area contributed by atoms with E-state index in [1.807, 2.05) is 57.2 Å². The van der Waals surface area contributed by atoms with Crippen molar-refractivity contribution in [2.24, 2.45) is 0 Å². The summed E-state index contributed by atoms with van der Waals surface area (Å²) in [5.74, 6) is 0.778. The number of amides is 2. The van der Waals surface area contributed by atoms with E-state index in [4.69, 9.17) is 24.2 Å². The molecule has 3 aromatic rings. The number of hydrogen-bond acceptors (Lipinski definition) is 10. The summed E-state index contributed by atoms with van der Waals surface area (Å²) in [7, 11) is 0. The Morgan fingerprint density at radius 3 is 2.34 bits per heavy atom. The highest BCUT2D eigenvalue weighted by atomic mass is 16.6. The lowest BCUT2D eigenvalue weighted by atomic mass is 10.0. The Kier molecular flexibility index (Phi) is 11.0. The first-order chi connectivity index (χ1) is 24.2. The number of nitriles is 1. The number of aromatic nitrogens is 2. The van der Waals surface area contributed by atoms with Gasteiger partial charge in [0.1, 0.15) is 24.6 Å². The summed E-state index contributed by atoms with van der Waals surface area (Å²) >= 11 is 0. The molecule has 0 unspecified atom stereocenters. The summed E-state index contributed by atoms with van der Waals surface area (Å²) in [4.78, 5) is 44.0. The van der Waals surface area contributed by atoms with Gasteiger partial charge in [-0.15, -0.1) is 0 Å². The van der Waals surface area contributed by atoms with Gasteiger partial charge in [0.2, 0.25) is 0 Å². The van der Waals surface area contributed by atoms with Crippen LogP contribution in [-0.4, -0.2) is 93.9 Å². The smallest absolute Gasteiger partial charge is 0.410 e. The Hall–Kier alpha value is -4.89. The molecular weight excluding hydrogens is 634 g/mol. The van der Waals surface area contributed by atoms with E-state index in [2.05, 4.69) is 40.1 Å². The predicted molar refractivity (Wildman–Crippen MR) is 187 cm³/mol. The van der Waals surface area contributed by atoms with Crippen molar-refractivity contribution in [3.8, 4) is 12.1 Å². The van der Waals surface area contributed by atoms with Crippen LogP contribution in [-0.2, 0) is 35.6 Å². The molecule has 2 atom stereocenters. The third kappa shape index (κ3) is 8.82. The number of carbonyl (C=O) groups is 2. The number of carbonyl (C=O) groups excluding carboxylic acids is 2. The zero-order chi connectivity index (χ0) is 35.1. The first kappa shape index (κ1) is 35.0. The highest BCUT2D eigenvalue weighted by Crippen LogP contribution is 2.32. The van der Waals surface area contributed by atoms with Crippen LogP contribution in [0.15, 0.2) is 60.7 Å². The molecule has 12 nitrogen and oxygen atoms in total. The second kappa shape index (κ2) is 15.8. The van der Waals surface area contributed by atoms with E-state index in [9.17, 15) is 14.9 Å². The number of likely N-dealkylation sites (tertiary alicyclic amines) is 1. The van der Waals surface area contributed by atoms with Crippen LogP contribution in [0.4, 0.5) is 15.4 Å². The maximum Gasteiger partial charge on any atom is 0.410 e. The lowest BCUT2D eigenvalue weighted by molar-refractivity contribution is 0.0183. The summed E-state index contributed by atoms with van der Waals surface area (Å²) in [5, 5.41) is 9.73. The Labute approximate surface area is 294 Å². The SMILES string of the molecule is CC(C)(C)OC(=O)N1CCC[C@H]1COc1nc2c(c(N3CCN(C(=O)OCc4ccccc4)[C@@H](CC#N)C3)n1)CCN(Cc1ccccc1)C2. The first-order valence-electron chi connectivity index (χ1n) is 17.5. The van der Waals surface area contributed by atoms with Crippen molar-refractivity contribution in [1.82, 2.24) is 24.7 Å². The van der Waals surface area contributed by atoms with E-state index >= 15 is 0 Å². The molecule has 50 heavy (non-hydrogen) atoms. The highest BCUT2D eigenvalue weighted by molar-refractivity contribution is 5.69. The molecule has 1 aromatic heterocycles. The van der Waals surface area contributed by atoms with Crippen LogP contribution in [0.1, 0.15) is 62.4 Å². The minimum atomic E-state index is -0.584. The van der Waals surface area contributed by atoms with Crippen LogP contribution in [0.3, 0.4) is 0 Å². The topological polar surface area (TPSA) is 124 Å². The summed E-state index contributed by atoms with van der Waals surface area (Å²) < 4.78 is 17.6. The highest BCUT2D eigenvalue weighted by Gasteiger charge is 2.36. The van der Waals surface area contributed by atoms with Crippen LogP contribution >= 0.6 is 0 Å². The van der Waals surface area contributed by atoms with Crippen molar-refractivity contribution in [3.05, 3.63) is 83.0 Å². The molecule has 4 heterocycles. The molecule has 3 aliphatic rings. The molecule has 2 fully saturated rings. The molecule has 3 aliphatic heterocycles. The van der Waals surface area contributed by atoms with Gasteiger partial charge in [0, 0.05) is 51.4 Å². The number of benzene rings is 2. The Morgan fingerprint density at radius 2 is 1.62 bits per heavy atom. The Balaban J connectivity index is 1.21. The monoisotopic (exact) mass is 681 g/mol. The van der Waals surface area contributed by atoms with Gasteiger partial charge in [0.25, 0.3) is 0 Å². The minimum absolute atomic E-state index is 0.145. The number of anilines is 1. The van der Waals surface area contributed by atoms with Crippen molar-refractivity contribution in [1.29, 1.82) is 5.26 Å². The van der Waals surface area contributed by atoms with Crippen LogP contribution in [0, 0.1) is 11.3 Å². The zero-order valence-electron chi connectivity index (χ0n) is 29.3. The van der Waals surface area contributed by atoms with E-state index in [0.29, 0.717) is 32.7 Å². The van der Waals surface area contributed by atoms with E-state index in [1.165, 1.54) is 5.56 Å². The molecule has 2 aromatic carbocycles. The van der Waals surface area contributed by atoms with E-state index < -0.39 is 11.7 Å². The average molecular weight is 682 g/mol. The molecule has 6 rings (SSSR count). The second-order valence-corrected chi connectivity index (χ2v) is 14.2. The van der Waals surface area contributed by atoms with Crippen LogP contribution < -0.4 is 9.64 Å². The van der Waals surface area contributed by atoms with Crippen molar-refractivity contribution < 1.29 is 23.8 Å². The molecule has 0 N–H and O–H groups in total. The Morgan fingerprint density at radius 1 is 0.900 bits per heavy atom. The van der Waals surface area contributed by atoms with Crippen molar-refractivity contribution in [3.63, 3.8) is 0 Å².